The van der Waals surface area contributed by atoms with E-state index in [1.807, 2.05) is 11.0 Å². The lowest BCUT2D eigenvalue weighted by Gasteiger charge is -2.25. The van der Waals surface area contributed by atoms with E-state index in [9.17, 15) is 10.1 Å². The Bertz CT molecular complexity index is 570. The maximum Gasteiger partial charge on any atom is 0.287 e. The first-order chi connectivity index (χ1) is 9.49. The van der Waals surface area contributed by atoms with Crippen LogP contribution >= 0.6 is 0 Å². The maximum absolute atomic E-state index is 10.8. The van der Waals surface area contributed by atoms with Crippen LogP contribution in [0.3, 0.4) is 0 Å². The standard InChI is InChI=1S/C14H16N4O2/c1-11(2)10-17(7-3-6-15)13-4-5-14(18(19)20)12(8-13)9-16/h4-5,8,11H,3,7,10H2,1-2H3. The van der Waals surface area contributed by atoms with Crippen LogP contribution in [0.1, 0.15) is 25.8 Å². The van der Waals surface area contributed by atoms with E-state index in [-0.39, 0.29) is 11.3 Å². The average Bonchev–Trinajstić information content (AvgIpc) is 2.42. The van der Waals surface area contributed by atoms with Gasteiger partial charge in [-0.2, -0.15) is 10.5 Å². The molecule has 0 saturated heterocycles. The second-order valence-corrected chi connectivity index (χ2v) is 4.82. The summed E-state index contributed by atoms with van der Waals surface area (Å²) >= 11 is 0. The van der Waals surface area contributed by atoms with Crippen molar-refractivity contribution < 1.29 is 4.92 Å². The third kappa shape index (κ3) is 3.96. The number of nitro groups is 1. The summed E-state index contributed by atoms with van der Waals surface area (Å²) in [6.45, 7) is 5.37. The number of hydrogen-bond acceptors (Lipinski definition) is 5. The second kappa shape index (κ2) is 7.10. The van der Waals surface area contributed by atoms with E-state index in [1.54, 1.807) is 6.07 Å². The lowest BCUT2D eigenvalue weighted by atomic mass is 10.1. The molecular weight excluding hydrogens is 256 g/mol. The lowest BCUT2D eigenvalue weighted by Crippen LogP contribution is -2.28. The van der Waals surface area contributed by atoms with Crippen molar-refractivity contribution in [2.45, 2.75) is 20.3 Å². The highest BCUT2D eigenvalue weighted by Crippen LogP contribution is 2.25. The topological polar surface area (TPSA) is 94.0 Å². The van der Waals surface area contributed by atoms with Crippen LogP contribution in [-0.4, -0.2) is 18.0 Å². The number of anilines is 1. The summed E-state index contributed by atoms with van der Waals surface area (Å²) in [6.07, 6.45) is 0.367. The molecule has 1 rings (SSSR count). The lowest BCUT2D eigenvalue weighted by molar-refractivity contribution is -0.385. The van der Waals surface area contributed by atoms with E-state index in [2.05, 4.69) is 19.9 Å². The van der Waals surface area contributed by atoms with Gasteiger partial charge in [-0.3, -0.25) is 10.1 Å². The van der Waals surface area contributed by atoms with Crippen molar-refractivity contribution in [3.05, 3.63) is 33.9 Å². The van der Waals surface area contributed by atoms with Crippen LogP contribution in [0.5, 0.6) is 0 Å². The van der Waals surface area contributed by atoms with Crippen molar-refractivity contribution in [3.8, 4) is 12.1 Å². The minimum absolute atomic E-state index is 0.0400. The van der Waals surface area contributed by atoms with E-state index in [4.69, 9.17) is 10.5 Å². The van der Waals surface area contributed by atoms with Gasteiger partial charge in [-0.25, -0.2) is 0 Å². The van der Waals surface area contributed by atoms with Crippen LogP contribution in [0.2, 0.25) is 0 Å². The third-order valence-electron chi connectivity index (χ3n) is 2.74. The predicted octanol–water partition coefficient (Wildman–Crippen LogP) is 2.84. The molecule has 6 heteroatoms. The fourth-order valence-electron chi connectivity index (χ4n) is 1.92. The summed E-state index contributed by atoms with van der Waals surface area (Å²) in [5.74, 6) is 0.384. The Balaban J connectivity index is 3.11. The van der Waals surface area contributed by atoms with Gasteiger partial charge >= 0.3 is 0 Å². The van der Waals surface area contributed by atoms with Crippen molar-refractivity contribution in [1.82, 2.24) is 0 Å². The van der Waals surface area contributed by atoms with E-state index >= 15 is 0 Å². The molecule has 0 aliphatic rings. The zero-order valence-electron chi connectivity index (χ0n) is 11.5. The van der Waals surface area contributed by atoms with Gasteiger partial charge in [-0.05, 0) is 18.1 Å². The van der Waals surface area contributed by atoms with Gasteiger partial charge in [0.2, 0.25) is 0 Å². The quantitative estimate of drug-likeness (QED) is 0.586. The van der Waals surface area contributed by atoms with Crippen LogP contribution < -0.4 is 4.90 Å². The molecular formula is C14H16N4O2. The SMILES string of the molecule is CC(C)CN(CCC#N)c1ccc([N+](=O)[O-])c(C#N)c1. The molecule has 6 nitrogen and oxygen atoms in total. The molecule has 1 aromatic rings. The van der Waals surface area contributed by atoms with Crippen LogP contribution in [0.25, 0.3) is 0 Å². The molecule has 0 aliphatic heterocycles. The maximum atomic E-state index is 10.8. The normalized spacial score (nSPS) is 9.85. The Morgan fingerprint density at radius 1 is 1.40 bits per heavy atom. The summed E-state index contributed by atoms with van der Waals surface area (Å²) in [6, 6.07) is 8.41. The van der Waals surface area contributed by atoms with Crippen molar-refractivity contribution in [3.63, 3.8) is 0 Å². The van der Waals surface area contributed by atoms with E-state index in [0.29, 0.717) is 18.9 Å². The van der Waals surface area contributed by atoms with Crippen molar-refractivity contribution in [2.24, 2.45) is 5.92 Å². The first kappa shape index (κ1) is 15.5. The summed E-state index contributed by atoms with van der Waals surface area (Å²) in [5, 5.41) is 28.5. The van der Waals surface area contributed by atoms with Crippen molar-refractivity contribution in [2.75, 3.05) is 18.0 Å². The molecule has 20 heavy (non-hydrogen) atoms. The molecule has 0 amide bonds. The molecule has 0 saturated carbocycles. The van der Waals surface area contributed by atoms with Gasteiger partial charge in [0.15, 0.2) is 0 Å². The largest absolute Gasteiger partial charge is 0.370 e. The van der Waals surface area contributed by atoms with E-state index < -0.39 is 4.92 Å². The van der Waals surface area contributed by atoms with Gasteiger partial charge in [-0.1, -0.05) is 13.8 Å². The number of nitrogens with zero attached hydrogens (tertiary/aromatic N) is 4. The van der Waals surface area contributed by atoms with Gasteiger partial charge in [0, 0.05) is 24.8 Å². The number of benzene rings is 1. The zero-order valence-corrected chi connectivity index (χ0v) is 11.5. The highest BCUT2D eigenvalue weighted by atomic mass is 16.6. The van der Waals surface area contributed by atoms with Crippen molar-refractivity contribution in [1.29, 1.82) is 10.5 Å². The molecule has 1 aromatic carbocycles. The minimum atomic E-state index is -0.565. The van der Waals surface area contributed by atoms with Gasteiger partial charge in [-0.15, -0.1) is 0 Å². The fourth-order valence-corrected chi connectivity index (χ4v) is 1.92. The highest BCUT2D eigenvalue weighted by molar-refractivity contribution is 5.60. The molecule has 0 bridgehead atoms. The van der Waals surface area contributed by atoms with Gasteiger partial charge in [0.05, 0.1) is 17.4 Å². The first-order valence-electron chi connectivity index (χ1n) is 6.30. The Morgan fingerprint density at radius 3 is 2.60 bits per heavy atom. The average molecular weight is 272 g/mol. The number of nitriles is 2. The molecule has 0 fully saturated rings. The third-order valence-corrected chi connectivity index (χ3v) is 2.74. The van der Waals surface area contributed by atoms with Gasteiger partial charge in [0.1, 0.15) is 11.6 Å². The van der Waals surface area contributed by atoms with Crippen LogP contribution in [0.4, 0.5) is 11.4 Å². The molecule has 0 aliphatic carbocycles. The summed E-state index contributed by atoms with van der Waals surface area (Å²) in [5.41, 5.74) is 0.579. The van der Waals surface area contributed by atoms with Crippen molar-refractivity contribution >= 4 is 11.4 Å². The fraction of sp³-hybridized carbons (Fsp3) is 0.429. The summed E-state index contributed by atoms with van der Waals surface area (Å²) in [4.78, 5) is 12.2. The van der Waals surface area contributed by atoms with Crippen LogP contribution in [-0.2, 0) is 0 Å². The van der Waals surface area contributed by atoms with Gasteiger partial charge < -0.3 is 4.90 Å². The number of hydrogen-bond donors (Lipinski definition) is 0. The Kier molecular flexibility index (Phi) is 5.49. The summed E-state index contributed by atoms with van der Waals surface area (Å²) in [7, 11) is 0. The molecule has 0 aromatic heterocycles. The minimum Gasteiger partial charge on any atom is -0.370 e. The Morgan fingerprint density at radius 2 is 2.10 bits per heavy atom. The first-order valence-corrected chi connectivity index (χ1v) is 6.30. The highest BCUT2D eigenvalue weighted by Gasteiger charge is 2.16. The van der Waals surface area contributed by atoms with Gasteiger partial charge in [0.25, 0.3) is 5.69 Å². The Hall–Kier alpha value is -2.60. The van der Waals surface area contributed by atoms with Crippen LogP contribution in [0, 0.1) is 38.7 Å². The molecule has 104 valence electrons. The van der Waals surface area contributed by atoms with E-state index in [1.165, 1.54) is 12.1 Å². The molecule has 0 radical (unpaired) electrons. The monoisotopic (exact) mass is 272 g/mol. The second-order valence-electron chi connectivity index (χ2n) is 4.82. The number of nitro benzene ring substituents is 1. The summed E-state index contributed by atoms with van der Waals surface area (Å²) < 4.78 is 0. The number of rotatable bonds is 6. The molecule has 0 atom stereocenters. The smallest absolute Gasteiger partial charge is 0.287 e. The van der Waals surface area contributed by atoms with Crippen LogP contribution in [0.15, 0.2) is 18.2 Å². The predicted molar refractivity (Wildman–Crippen MR) is 75.1 cm³/mol. The Labute approximate surface area is 118 Å². The molecule has 0 heterocycles. The van der Waals surface area contributed by atoms with E-state index in [0.717, 1.165) is 12.2 Å². The molecule has 0 unspecified atom stereocenters. The molecule has 0 N–H and O–H groups in total. The zero-order chi connectivity index (χ0) is 15.1. The molecule has 0 spiro atoms.